The monoisotopic (exact) mass is 326 g/mol. The molecule has 2 fully saturated rings. The fourth-order valence-corrected chi connectivity index (χ4v) is 2.74. The molecule has 0 aromatic heterocycles. The zero-order chi connectivity index (χ0) is 14.8. The van der Waals surface area contributed by atoms with Crippen molar-refractivity contribution in [1.29, 1.82) is 0 Å². The number of nitrogens with one attached hydrogen (secondary N) is 1. The Labute approximate surface area is 128 Å². The van der Waals surface area contributed by atoms with Crippen LogP contribution in [0.25, 0.3) is 0 Å². The SMILES string of the molecule is CCOC(=O)C1CCCN(C(=O)C2CC(F)(F)CN2)C1.Cl. The highest BCUT2D eigenvalue weighted by molar-refractivity contribution is 5.85. The van der Waals surface area contributed by atoms with E-state index in [1.165, 1.54) is 4.90 Å². The smallest absolute Gasteiger partial charge is 0.310 e. The van der Waals surface area contributed by atoms with Gasteiger partial charge >= 0.3 is 5.97 Å². The predicted molar refractivity (Wildman–Crippen MR) is 74.5 cm³/mol. The van der Waals surface area contributed by atoms with Crippen LogP contribution in [0.1, 0.15) is 26.2 Å². The molecule has 122 valence electrons. The Kier molecular flexibility index (Phi) is 6.34. The number of likely N-dealkylation sites (tertiary alicyclic amines) is 1. The standard InChI is InChI=1S/C13H20F2N2O3.ClH/c1-2-20-12(19)9-4-3-5-17(7-9)11(18)10-6-13(14,15)8-16-10;/h9-10,16H,2-8H2,1H3;1H. The molecule has 2 heterocycles. The first kappa shape index (κ1) is 18.1. The van der Waals surface area contributed by atoms with Gasteiger partial charge in [-0.05, 0) is 19.8 Å². The summed E-state index contributed by atoms with van der Waals surface area (Å²) < 4.78 is 31.2. The van der Waals surface area contributed by atoms with Gasteiger partial charge in [0.05, 0.1) is 25.1 Å². The lowest BCUT2D eigenvalue weighted by molar-refractivity contribution is -0.151. The van der Waals surface area contributed by atoms with Crippen LogP contribution in [0, 0.1) is 5.92 Å². The van der Waals surface area contributed by atoms with Gasteiger partial charge < -0.3 is 9.64 Å². The molecular weight excluding hydrogens is 306 g/mol. The summed E-state index contributed by atoms with van der Waals surface area (Å²) in [5, 5.41) is 2.56. The van der Waals surface area contributed by atoms with Crippen LogP contribution in [0.15, 0.2) is 0 Å². The fraction of sp³-hybridized carbons (Fsp3) is 0.846. The van der Waals surface area contributed by atoms with Crippen LogP contribution in [-0.2, 0) is 14.3 Å². The highest BCUT2D eigenvalue weighted by Crippen LogP contribution is 2.27. The number of amides is 1. The topological polar surface area (TPSA) is 58.6 Å². The van der Waals surface area contributed by atoms with Crippen molar-refractivity contribution >= 4 is 24.3 Å². The van der Waals surface area contributed by atoms with Crippen molar-refractivity contribution in [3.63, 3.8) is 0 Å². The molecule has 2 aliphatic heterocycles. The van der Waals surface area contributed by atoms with E-state index >= 15 is 0 Å². The number of piperidine rings is 1. The third-order valence-corrected chi connectivity index (χ3v) is 3.76. The highest BCUT2D eigenvalue weighted by atomic mass is 35.5. The van der Waals surface area contributed by atoms with Crippen molar-refractivity contribution < 1.29 is 23.1 Å². The van der Waals surface area contributed by atoms with Crippen LogP contribution in [0.5, 0.6) is 0 Å². The number of hydrogen-bond acceptors (Lipinski definition) is 4. The summed E-state index contributed by atoms with van der Waals surface area (Å²) in [5.74, 6) is -3.81. The molecule has 2 unspecified atom stereocenters. The molecule has 0 aromatic carbocycles. The average molecular weight is 327 g/mol. The van der Waals surface area contributed by atoms with Crippen molar-refractivity contribution in [2.75, 3.05) is 26.2 Å². The zero-order valence-electron chi connectivity index (χ0n) is 11.9. The van der Waals surface area contributed by atoms with E-state index in [1.807, 2.05) is 0 Å². The molecule has 21 heavy (non-hydrogen) atoms. The van der Waals surface area contributed by atoms with Crippen molar-refractivity contribution in [3.05, 3.63) is 0 Å². The fourth-order valence-electron chi connectivity index (χ4n) is 2.74. The molecule has 2 aliphatic rings. The molecule has 2 saturated heterocycles. The molecule has 0 spiro atoms. The van der Waals surface area contributed by atoms with Gasteiger partial charge in [-0.15, -0.1) is 12.4 Å². The van der Waals surface area contributed by atoms with E-state index < -0.39 is 24.9 Å². The Morgan fingerprint density at radius 1 is 1.43 bits per heavy atom. The first-order valence-electron chi connectivity index (χ1n) is 6.99. The van der Waals surface area contributed by atoms with E-state index in [-0.39, 0.29) is 36.7 Å². The normalized spacial score (nSPS) is 27.9. The Balaban J connectivity index is 0.00000220. The van der Waals surface area contributed by atoms with E-state index in [0.29, 0.717) is 26.0 Å². The minimum atomic E-state index is -2.82. The number of esters is 1. The van der Waals surface area contributed by atoms with Gasteiger partial charge in [-0.3, -0.25) is 14.9 Å². The van der Waals surface area contributed by atoms with Crippen LogP contribution >= 0.6 is 12.4 Å². The van der Waals surface area contributed by atoms with Crippen molar-refractivity contribution in [1.82, 2.24) is 10.2 Å². The average Bonchev–Trinajstić information content (AvgIpc) is 2.79. The summed E-state index contributed by atoms with van der Waals surface area (Å²) in [4.78, 5) is 25.4. The number of carbonyl (C=O) groups is 2. The first-order valence-corrected chi connectivity index (χ1v) is 6.99. The molecule has 0 radical (unpaired) electrons. The molecule has 0 bridgehead atoms. The summed E-state index contributed by atoms with van der Waals surface area (Å²) in [5.41, 5.74) is 0. The molecule has 5 nitrogen and oxygen atoms in total. The van der Waals surface area contributed by atoms with Crippen LogP contribution in [0.3, 0.4) is 0 Å². The zero-order valence-corrected chi connectivity index (χ0v) is 12.8. The number of hydrogen-bond donors (Lipinski definition) is 1. The molecule has 1 N–H and O–H groups in total. The summed E-state index contributed by atoms with van der Waals surface area (Å²) in [6.45, 7) is 2.35. The Morgan fingerprint density at radius 2 is 2.14 bits per heavy atom. The maximum atomic E-state index is 13.1. The summed E-state index contributed by atoms with van der Waals surface area (Å²) >= 11 is 0. The summed E-state index contributed by atoms with van der Waals surface area (Å²) in [6.07, 6.45) is 0.904. The second-order valence-corrected chi connectivity index (χ2v) is 5.37. The maximum Gasteiger partial charge on any atom is 0.310 e. The van der Waals surface area contributed by atoms with Gasteiger partial charge in [0, 0.05) is 19.5 Å². The third-order valence-electron chi connectivity index (χ3n) is 3.76. The second kappa shape index (κ2) is 7.35. The number of alkyl halides is 2. The second-order valence-electron chi connectivity index (χ2n) is 5.37. The Morgan fingerprint density at radius 3 is 2.71 bits per heavy atom. The Hall–Kier alpha value is -0.950. The molecule has 0 saturated carbocycles. The van der Waals surface area contributed by atoms with Gasteiger partial charge in [-0.25, -0.2) is 8.78 Å². The molecule has 0 aromatic rings. The molecule has 8 heteroatoms. The van der Waals surface area contributed by atoms with Gasteiger partial charge in [0.15, 0.2) is 0 Å². The molecule has 2 rings (SSSR count). The lowest BCUT2D eigenvalue weighted by Crippen LogP contribution is -2.49. The van der Waals surface area contributed by atoms with E-state index in [0.717, 1.165) is 0 Å². The molecule has 2 atom stereocenters. The summed E-state index contributed by atoms with van der Waals surface area (Å²) in [7, 11) is 0. The number of carbonyl (C=O) groups excluding carboxylic acids is 2. The van der Waals surface area contributed by atoms with Gasteiger partial charge in [0.2, 0.25) is 5.91 Å². The number of ether oxygens (including phenoxy) is 1. The van der Waals surface area contributed by atoms with E-state index in [1.54, 1.807) is 6.92 Å². The number of nitrogens with zero attached hydrogens (tertiary/aromatic N) is 1. The number of rotatable bonds is 3. The highest BCUT2D eigenvalue weighted by Gasteiger charge is 2.44. The minimum absolute atomic E-state index is 0. The lowest BCUT2D eigenvalue weighted by atomic mass is 9.97. The largest absolute Gasteiger partial charge is 0.466 e. The van der Waals surface area contributed by atoms with E-state index in [9.17, 15) is 18.4 Å². The maximum absolute atomic E-state index is 13.1. The van der Waals surface area contributed by atoms with Crippen LogP contribution in [-0.4, -0.2) is 55.0 Å². The third kappa shape index (κ3) is 4.51. The van der Waals surface area contributed by atoms with E-state index in [2.05, 4.69) is 5.32 Å². The van der Waals surface area contributed by atoms with E-state index in [4.69, 9.17) is 4.74 Å². The van der Waals surface area contributed by atoms with Gasteiger partial charge in [0.25, 0.3) is 5.92 Å². The quantitative estimate of drug-likeness (QED) is 0.792. The van der Waals surface area contributed by atoms with Gasteiger partial charge in [-0.1, -0.05) is 0 Å². The van der Waals surface area contributed by atoms with Gasteiger partial charge in [0.1, 0.15) is 0 Å². The van der Waals surface area contributed by atoms with Crippen LogP contribution in [0.2, 0.25) is 0 Å². The summed E-state index contributed by atoms with van der Waals surface area (Å²) in [6, 6.07) is -0.842. The Bertz CT molecular complexity index is 396. The predicted octanol–water partition coefficient (Wildman–Crippen LogP) is 1.21. The van der Waals surface area contributed by atoms with Crippen molar-refractivity contribution in [2.45, 2.75) is 38.2 Å². The first-order chi connectivity index (χ1) is 9.43. The molecule has 1 amide bonds. The van der Waals surface area contributed by atoms with Gasteiger partial charge in [-0.2, -0.15) is 0 Å². The minimum Gasteiger partial charge on any atom is -0.466 e. The van der Waals surface area contributed by atoms with Crippen molar-refractivity contribution in [2.24, 2.45) is 5.92 Å². The van der Waals surface area contributed by atoms with Crippen molar-refractivity contribution in [3.8, 4) is 0 Å². The van der Waals surface area contributed by atoms with Crippen LogP contribution in [0.4, 0.5) is 8.78 Å². The molecule has 0 aliphatic carbocycles. The van der Waals surface area contributed by atoms with Crippen LogP contribution < -0.4 is 5.32 Å². The number of halogens is 3. The lowest BCUT2D eigenvalue weighted by Gasteiger charge is -2.33. The molecular formula is C13H21ClF2N2O3.